The number of carbonyl (C=O) groups is 1. The van der Waals surface area contributed by atoms with Gasteiger partial charge in [-0.15, -0.1) is 24.8 Å². The van der Waals surface area contributed by atoms with Gasteiger partial charge in [-0.1, -0.05) is 6.07 Å². The van der Waals surface area contributed by atoms with Crippen molar-refractivity contribution in [2.24, 2.45) is 5.92 Å². The predicted molar refractivity (Wildman–Crippen MR) is 87.9 cm³/mol. The maximum Gasteiger partial charge on any atom is 0.220 e. The van der Waals surface area contributed by atoms with E-state index < -0.39 is 0 Å². The van der Waals surface area contributed by atoms with Crippen LogP contribution in [-0.4, -0.2) is 23.0 Å². The number of rotatable bonds is 4. The van der Waals surface area contributed by atoms with E-state index in [0.29, 0.717) is 31.0 Å². The SMILES string of the molecule is Cl.Cl.O=C(CC1CC2CCC(C1)N2)NCc1cccnc1. The Balaban J connectivity index is 0.00000110. The molecule has 6 heteroatoms. The van der Waals surface area contributed by atoms with Gasteiger partial charge in [0.25, 0.3) is 0 Å². The minimum Gasteiger partial charge on any atom is -0.352 e. The van der Waals surface area contributed by atoms with Crippen molar-refractivity contribution in [3.8, 4) is 0 Å². The minimum atomic E-state index is 0. The first kappa shape index (κ1) is 18.2. The summed E-state index contributed by atoms with van der Waals surface area (Å²) in [5.74, 6) is 0.739. The summed E-state index contributed by atoms with van der Waals surface area (Å²) in [4.78, 5) is 16.0. The van der Waals surface area contributed by atoms with E-state index >= 15 is 0 Å². The zero-order valence-corrected chi connectivity index (χ0v) is 13.6. The molecule has 2 aliphatic rings. The molecule has 1 aromatic rings. The molecule has 0 aromatic carbocycles. The fourth-order valence-corrected chi connectivity index (χ4v) is 3.38. The van der Waals surface area contributed by atoms with Crippen LogP contribution in [0.4, 0.5) is 0 Å². The molecule has 118 valence electrons. The van der Waals surface area contributed by atoms with Crippen molar-refractivity contribution < 1.29 is 4.79 Å². The molecule has 2 N–H and O–H groups in total. The number of nitrogens with zero attached hydrogens (tertiary/aromatic N) is 1. The largest absolute Gasteiger partial charge is 0.352 e. The maximum absolute atomic E-state index is 12.0. The molecule has 0 spiro atoms. The highest BCUT2D eigenvalue weighted by atomic mass is 35.5. The fraction of sp³-hybridized carbons (Fsp3) is 0.600. The van der Waals surface area contributed by atoms with Gasteiger partial charge in [-0.25, -0.2) is 0 Å². The Morgan fingerprint density at radius 3 is 2.62 bits per heavy atom. The number of piperidine rings is 1. The molecule has 2 bridgehead atoms. The van der Waals surface area contributed by atoms with Gasteiger partial charge in [0.1, 0.15) is 0 Å². The van der Waals surface area contributed by atoms with Crippen LogP contribution in [0.5, 0.6) is 0 Å². The Bertz CT molecular complexity index is 432. The molecule has 3 rings (SSSR count). The smallest absolute Gasteiger partial charge is 0.220 e. The molecule has 2 aliphatic heterocycles. The summed E-state index contributed by atoms with van der Waals surface area (Å²) in [5, 5.41) is 6.61. The van der Waals surface area contributed by atoms with Crippen LogP contribution in [0.25, 0.3) is 0 Å². The first-order valence-electron chi connectivity index (χ1n) is 7.21. The number of aromatic nitrogens is 1. The van der Waals surface area contributed by atoms with E-state index in [1.54, 1.807) is 12.4 Å². The number of fused-ring (bicyclic) bond motifs is 2. The van der Waals surface area contributed by atoms with E-state index in [0.717, 1.165) is 18.4 Å². The number of pyridine rings is 1. The van der Waals surface area contributed by atoms with Crippen LogP contribution < -0.4 is 10.6 Å². The second-order valence-corrected chi connectivity index (χ2v) is 5.82. The number of hydrogen-bond acceptors (Lipinski definition) is 3. The Labute approximate surface area is 138 Å². The van der Waals surface area contributed by atoms with Crippen LogP contribution in [0.15, 0.2) is 24.5 Å². The number of nitrogens with one attached hydrogen (secondary N) is 2. The average Bonchev–Trinajstić information content (AvgIpc) is 2.77. The summed E-state index contributed by atoms with van der Waals surface area (Å²) in [6.07, 6.45) is 9.13. The van der Waals surface area contributed by atoms with Gasteiger partial charge in [0.2, 0.25) is 5.91 Å². The topological polar surface area (TPSA) is 54.0 Å². The van der Waals surface area contributed by atoms with E-state index in [4.69, 9.17) is 0 Å². The van der Waals surface area contributed by atoms with Gasteiger partial charge in [-0.05, 0) is 43.2 Å². The highest BCUT2D eigenvalue weighted by Crippen LogP contribution is 2.32. The highest BCUT2D eigenvalue weighted by Gasteiger charge is 2.33. The van der Waals surface area contributed by atoms with Gasteiger partial charge in [0, 0.05) is 37.4 Å². The van der Waals surface area contributed by atoms with Crippen LogP contribution in [0.2, 0.25) is 0 Å². The molecule has 2 fully saturated rings. The van der Waals surface area contributed by atoms with Gasteiger partial charge in [-0.3, -0.25) is 9.78 Å². The van der Waals surface area contributed by atoms with Crippen LogP contribution in [0, 0.1) is 5.92 Å². The van der Waals surface area contributed by atoms with Gasteiger partial charge in [0.05, 0.1) is 0 Å². The molecule has 0 saturated carbocycles. The number of carbonyl (C=O) groups excluding carboxylic acids is 1. The van der Waals surface area contributed by atoms with Gasteiger partial charge >= 0.3 is 0 Å². The van der Waals surface area contributed by atoms with E-state index in [-0.39, 0.29) is 30.7 Å². The van der Waals surface area contributed by atoms with Crippen molar-refractivity contribution in [3.63, 3.8) is 0 Å². The second-order valence-electron chi connectivity index (χ2n) is 5.82. The monoisotopic (exact) mass is 331 g/mol. The van der Waals surface area contributed by atoms with Crippen molar-refractivity contribution >= 4 is 30.7 Å². The van der Waals surface area contributed by atoms with Crippen molar-refractivity contribution in [2.45, 2.75) is 50.7 Å². The summed E-state index contributed by atoms with van der Waals surface area (Å²) in [5.41, 5.74) is 1.06. The number of halogens is 2. The lowest BCUT2D eigenvalue weighted by molar-refractivity contribution is -0.122. The lowest BCUT2D eigenvalue weighted by Gasteiger charge is -2.28. The molecule has 0 aliphatic carbocycles. The lowest BCUT2D eigenvalue weighted by Crippen LogP contribution is -2.39. The van der Waals surface area contributed by atoms with Crippen LogP contribution in [0.1, 0.15) is 37.7 Å². The average molecular weight is 332 g/mol. The molecule has 21 heavy (non-hydrogen) atoms. The highest BCUT2D eigenvalue weighted by molar-refractivity contribution is 5.85. The second kappa shape index (κ2) is 8.57. The van der Waals surface area contributed by atoms with Gasteiger partial charge in [0.15, 0.2) is 0 Å². The normalized spacial score (nSPS) is 26.4. The number of amides is 1. The Kier molecular flexibility index (Phi) is 7.43. The Hall–Kier alpha value is -0.840. The van der Waals surface area contributed by atoms with E-state index in [2.05, 4.69) is 15.6 Å². The zero-order valence-electron chi connectivity index (χ0n) is 12.0. The standard InChI is InChI=1S/C15H21N3O.2ClH/c19-15(17-10-11-2-1-5-16-9-11)8-12-6-13-3-4-14(7-12)18-13;;/h1-2,5,9,12-14,18H,3-4,6-8,10H2,(H,17,19);2*1H. The van der Waals surface area contributed by atoms with E-state index in [1.165, 1.54) is 12.8 Å². The van der Waals surface area contributed by atoms with Crippen LogP contribution in [0.3, 0.4) is 0 Å². The molecule has 1 amide bonds. The molecule has 1 aromatic heterocycles. The molecule has 4 nitrogen and oxygen atoms in total. The summed E-state index contributed by atoms with van der Waals surface area (Å²) >= 11 is 0. The Morgan fingerprint density at radius 2 is 2.00 bits per heavy atom. The Morgan fingerprint density at radius 1 is 1.29 bits per heavy atom. The van der Waals surface area contributed by atoms with Crippen molar-refractivity contribution in [1.29, 1.82) is 0 Å². The minimum absolute atomic E-state index is 0. The first-order valence-corrected chi connectivity index (χ1v) is 7.21. The summed E-state index contributed by atoms with van der Waals surface area (Å²) in [6, 6.07) is 5.20. The molecular formula is C15H23Cl2N3O. The zero-order chi connectivity index (χ0) is 13.1. The van der Waals surface area contributed by atoms with Gasteiger partial charge in [-0.2, -0.15) is 0 Å². The van der Waals surface area contributed by atoms with Crippen molar-refractivity contribution in [1.82, 2.24) is 15.6 Å². The van der Waals surface area contributed by atoms with Crippen LogP contribution in [-0.2, 0) is 11.3 Å². The summed E-state index contributed by atoms with van der Waals surface area (Å²) in [6.45, 7) is 0.588. The maximum atomic E-state index is 12.0. The third kappa shape index (κ3) is 5.13. The van der Waals surface area contributed by atoms with Crippen molar-refractivity contribution in [2.75, 3.05) is 0 Å². The molecule has 3 heterocycles. The predicted octanol–water partition coefficient (Wildman–Crippen LogP) is 2.46. The fourth-order valence-electron chi connectivity index (χ4n) is 3.38. The molecule has 2 atom stereocenters. The molecule has 2 saturated heterocycles. The van der Waals surface area contributed by atoms with Crippen LogP contribution >= 0.6 is 24.8 Å². The summed E-state index contributed by atoms with van der Waals surface area (Å²) < 4.78 is 0. The van der Waals surface area contributed by atoms with E-state index in [1.807, 2.05) is 12.1 Å². The third-order valence-corrected chi connectivity index (χ3v) is 4.26. The molecule has 2 unspecified atom stereocenters. The van der Waals surface area contributed by atoms with Crippen molar-refractivity contribution in [3.05, 3.63) is 30.1 Å². The first-order chi connectivity index (χ1) is 9.29. The van der Waals surface area contributed by atoms with Gasteiger partial charge < -0.3 is 10.6 Å². The van der Waals surface area contributed by atoms with E-state index in [9.17, 15) is 4.79 Å². The third-order valence-electron chi connectivity index (χ3n) is 4.26. The summed E-state index contributed by atoms with van der Waals surface area (Å²) in [7, 11) is 0. The molecular weight excluding hydrogens is 309 g/mol. The quantitative estimate of drug-likeness (QED) is 0.891. The molecule has 0 radical (unpaired) electrons. The number of hydrogen-bond donors (Lipinski definition) is 2. The lowest BCUT2D eigenvalue weighted by atomic mass is 9.89.